The third-order valence-corrected chi connectivity index (χ3v) is 4.70. The van der Waals surface area contributed by atoms with E-state index in [9.17, 15) is 9.59 Å². The van der Waals surface area contributed by atoms with Crippen LogP contribution in [0.4, 0.5) is 5.69 Å². The molecule has 0 aliphatic carbocycles. The van der Waals surface area contributed by atoms with Crippen molar-refractivity contribution in [3.63, 3.8) is 0 Å². The van der Waals surface area contributed by atoms with Crippen molar-refractivity contribution in [3.8, 4) is 0 Å². The summed E-state index contributed by atoms with van der Waals surface area (Å²) in [7, 11) is 1.64. The molecule has 1 amide bonds. The normalized spacial score (nSPS) is 15.2. The van der Waals surface area contributed by atoms with Gasteiger partial charge in [0.2, 0.25) is 5.91 Å². The summed E-state index contributed by atoms with van der Waals surface area (Å²) >= 11 is 0. The van der Waals surface area contributed by atoms with Gasteiger partial charge >= 0.3 is 0 Å². The maximum absolute atomic E-state index is 11.9. The number of carbonyl (C=O) groups excluding carboxylic acids is 1. The maximum atomic E-state index is 11.9. The van der Waals surface area contributed by atoms with Crippen LogP contribution in [0.5, 0.6) is 0 Å². The van der Waals surface area contributed by atoms with Crippen molar-refractivity contribution in [2.45, 2.75) is 32.2 Å². The van der Waals surface area contributed by atoms with Gasteiger partial charge in [0.1, 0.15) is 6.33 Å². The van der Waals surface area contributed by atoms with Gasteiger partial charge in [-0.2, -0.15) is 5.10 Å². The Labute approximate surface area is 151 Å². The van der Waals surface area contributed by atoms with Gasteiger partial charge in [0.15, 0.2) is 0 Å². The van der Waals surface area contributed by atoms with Gasteiger partial charge in [-0.3, -0.25) is 9.59 Å². The van der Waals surface area contributed by atoms with Crippen molar-refractivity contribution in [3.05, 3.63) is 28.9 Å². The molecule has 3 heterocycles. The Balaban J connectivity index is 1.35. The lowest BCUT2D eigenvalue weighted by Crippen LogP contribution is -2.39. The van der Waals surface area contributed by atoms with Crippen LogP contribution >= 0.6 is 0 Å². The van der Waals surface area contributed by atoms with Crippen molar-refractivity contribution in [2.75, 3.05) is 24.5 Å². The van der Waals surface area contributed by atoms with Gasteiger partial charge in [0.05, 0.1) is 11.9 Å². The molecule has 10 nitrogen and oxygen atoms in total. The molecule has 0 bridgehead atoms. The monoisotopic (exact) mass is 360 g/mol. The number of hydrogen-bond acceptors (Lipinski definition) is 7. The molecule has 0 spiro atoms. The van der Waals surface area contributed by atoms with E-state index in [2.05, 4.69) is 30.8 Å². The Morgan fingerprint density at radius 3 is 2.85 bits per heavy atom. The first kappa shape index (κ1) is 18.0. The average Bonchev–Trinajstić information content (AvgIpc) is 3.16. The lowest BCUT2D eigenvalue weighted by atomic mass is 9.96. The number of carbonyl (C=O) groups is 1. The molecule has 1 aliphatic rings. The number of hydrogen-bond donors (Lipinski definition) is 1. The van der Waals surface area contributed by atoms with E-state index in [1.54, 1.807) is 30.3 Å². The van der Waals surface area contributed by atoms with Gasteiger partial charge < -0.3 is 10.2 Å². The summed E-state index contributed by atoms with van der Waals surface area (Å²) in [5, 5.41) is 18.0. The zero-order valence-electron chi connectivity index (χ0n) is 14.9. The van der Waals surface area contributed by atoms with Crippen LogP contribution in [0.1, 0.15) is 25.7 Å². The lowest BCUT2D eigenvalue weighted by molar-refractivity contribution is -0.121. The standard InChI is InChI=1S/C16H24N8O2/c1-22-16(26)9-14(11-19-22)23-7-4-13(5-8-23)10-17-15(25)3-2-6-24-12-18-20-21-24/h9,11-13H,2-8,10H2,1H3,(H,17,25). The number of anilines is 1. The summed E-state index contributed by atoms with van der Waals surface area (Å²) in [6, 6.07) is 1.62. The largest absolute Gasteiger partial charge is 0.370 e. The third kappa shape index (κ3) is 4.87. The van der Waals surface area contributed by atoms with Crippen LogP contribution in [-0.2, 0) is 18.4 Å². The number of piperidine rings is 1. The summed E-state index contributed by atoms with van der Waals surface area (Å²) < 4.78 is 2.94. The van der Waals surface area contributed by atoms with Crippen LogP contribution in [0.2, 0.25) is 0 Å². The Morgan fingerprint density at radius 2 is 2.15 bits per heavy atom. The molecule has 2 aromatic rings. The van der Waals surface area contributed by atoms with E-state index in [0.29, 0.717) is 31.8 Å². The minimum Gasteiger partial charge on any atom is -0.370 e. The number of tetrazole rings is 1. The Hall–Kier alpha value is -2.78. The second-order valence-corrected chi connectivity index (χ2v) is 6.59. The predicted octanol–water partition coefficient (Wildman–Crippen LogP) is -0.420. The third-order valence-electron chi connectivity index (χ3n) is 4.70. The van der Waals surface area contributed by atoms with Crippen molar-refractivity contribution in [1.82, 2.24) is 35.3 Å². The highest BCUT2D eigenvalue weighted by atomic mass is 16.1. The molecule has 1 saturated heterocycles. The molecule has 140 valence electrons. The quantitative estimate of drug-likeness (QED) is 0.714. The zero-order valence-corrected chi connectivity index (χ0v) is 14.9. The number of aromatic nitrogens is 6. The van der Waals surface area contributed by atoms with Crippen LogP contribution < -0.4 is 15.8 Å². The van der Waals surface area contributed by atoms with E-state index >= 15 is 0 Å². The first-order valence-electron chi connectivity index (χ1n) is 8.87. The van der Waals surface area contributed by atoms with Gasteiger partial charge in [0, 0.05) is 45.7 Å². The number of nitrogens with zero attached hydrogens (tertiary/aromatic N) is 7. The minimum absolute atomic E-state index is 0.0660. The van der Waals surface area contributed by atoms with Gasteiger partial charge in [-0.15, -0.1) is 5.10 Å². The van der Waals surface area contributed by atoms with Crippen LogP contribution in [0.3, 0.4) is 0 Å². The fourth-order valence-electron chi connectivity index (χ4n) is 3.06. The van der Waals surface area contributed by atoms with Gasteiger partial charge in [-0.1, -0.05) is 0 Å². The first-order valence-corrected chi connectivity index (χ1v) is 8.87. The zero-order chi connectivity index (χ0) is 18.4. The molecular formula is C16H24N8O2. The van der Waals surface area contributed by atoms with Gasteiger partial charge in [-0.25, -0.2) is 9.36 Å². The average molecular weight is 360 g/mol. The molecule has 0 atom stereocenters. The van der Waals surface area contributed by atoms with Crippen LogP contribution in [0, 0.1) is 5.92 Å². The SMILES string of the molecule is Cn1ncc(N2CCC(CNC(=O)CCCn3cnnn3)CC2)cc1=O. The molecular weight excluding hydrogens is 336 g/mol. The lowest BCUT2D eigenvalue weighted by Gasteiger charge is -2.33. The number of aryl methyl sites for hydroxylation is 2. The summed E-state index contributed by atoms with van der Waals surface area (Å²) in [6.07, 6.45) is 6.43. The molecule has 0 radical (unpaired) electrons. The van der Waals surface area contributed by atoms with E-state index < -0.39 is 0 Å². The highest BCUT2D eigenvalue weighted by molar-refractivity contribution is 5.75. The number of nitrogens with one attached hydrogen (secondary N) is 1. The maximum Gasteiger partial charge on any atom is 0.268 e. The highest BCUT2D eigenvalue weighted by Gasteiger charge is 2.20. The van der Waals surface area contributed by atoms with E-state index in [0.717, 1.165) is 31.6 Å². The van der Waals surface area contributed by atoms with Crippen molar-refractivity contribution >= 4 is 11.6 Å². The van der Waals surface area contributed by atoms with E-state index in [4.69, 9.17) is 0 Å². The van der Waals surface area contributed by atoms with Crippen LogP contribution in [-0.4, -0.2) is 55.5 Å². The minimum atomic E-state index is -0.0986. The topological polar surface area (TPSA) is 111 Å². The first-order chi connectivity index (χ1) is 12.6. The molecule has 3 rings (SSSR count). The summed E-state index contributed by atoms with van der Waals surface area (Å²) in [6.45, 7) is 3.08. The van der Waals surface area contributed by atoms with Crippen LogP contribution in [0.25, 0.3) is 0 Å². The molecule has 1 fully saturated rings. The fraction of sp³-hybridized carbons (Fsp3) is 0.625. The van der Waals surface area contributed by atoms with E-state index in [1.165, 1.54) is 4.68 Å². The summed E-state index contributed by atoms with van der Waals surface area (Å²) in [5.74, 6) is 0.533. The van der Waals surface area contributed by atoms with Gasteiger partial charge in [-0.05, 0) is 35.6 Å². The molecule has 1 aliphatic heterocycles. The highest BCUT2D eigenvalue weighted by Crippen LogP contribution is 2.21. The Bertz CT molecular complexity index is 765. The molecule has 26 heavy (non-hydrogen) atoms. The van der Waals surface area contributed by atoms with E-state index in [1.807, 2.05) is 0 Å². The van der Waals surface area contributed by atoms with Crippen LogP contribution in [0.15, 0.2) is 23.4 Å². The van der Waals surface area contributed by atoms with Crippen molar-refractivity contribution < 1.29 is 4.79 Å². The van der Waals surface area contributed by atoms with E-state index in [-0.39, 0.29) is 11.5 Å². The van der Waals surface area contributed by atoms with Gasteiger partial charge in [0.25, 0.3) is 5.56 Å². The molecule has 1 N–H and O–H groups in total. The Morgan fingerprint density at radius 1 is 1.35 bits per heavy atom. The molecule has 0 aromatic carbocycles. The summed E-state index contributed by atoms with van der Waals surface area (Å²) in [5.41, 5.74) is 0.775. The number of rotatable bonds is 7. The number of amides is 1. The molecule has 2 aromatic heterocycles. The molecule has 0 unspecified atom stereocenters. The summed E-state index contributed by atoms with van der Waals surface area (Å²) in [4.78, 5) is 25.8. The fourth-order valence-corrected chi connectivity index (χ4v) is 3.06. The second-order valence-electron chi connectivity index (χ2n) is 6.59. The predicted molar refractivity (Wildman–Crippen MR) is 94.5 cm³/mol. The molecule has 10 heteroatoms. The van der Waals surface area contributed by atoms with Crippen molar-refractivity contribution in [2.24, 2.45) is 13.0 Å². The smallest absolute Gasteiger partial charge is 0.268 e. The Kier molecular flexibility index (Phi) is 5.92. The second kappa shape index (κ2) is 8.54. The molecule has 0 saturated carbocycles. The van der Waals surface area contributed by atoms with Crippen molar-refractivity contribution in [1.29, 1.82) is 0 Å².